The minimum absolute atomic E-state index is 0.134. The SMILES string of the molecule is C[C@H](NS(=O)(=O)c1ccc(-c2c(C#N)c3cccnc3n2C2CCC(C3CC3)C2)nc1)C(F)(F)F. The average molecular weight is 504 g/mol. The lowest BCUT2D eigenvalue weighted by atomic mass is 10.0. The summed E-state index contributed by atoms with van der Waals surface area (Å²) < 4.78 is 67.2. The highest BCUT2D eigenvalue weighted by molar-refractivity contribution is 7.89. The van der Waals surface area contributed by atoms with Gasteiger partial charge in [-0.3, -0.25) is 4.98 Å². The quantitative estimate of drug-likeness (QED) is 0.513. The molecule has 3 atom stereocenters. The van der Waals surface area contributed by atoms with E-state index in [-0.39, 0.29) is 10.9 Å². The molecule has 0 radical (unpaired) electrons. The number of hydrogen-bond acceptors (Lipinski definition) is 5. The van der Waals surface area contributed by atoms with E-state index in [2.05, 4.69) is 20.6 Å². The van der Waals surface area contributed by atoms with E-state index >= 15 is 0 Å². The maximum atomic E-state index is 12.9. The van der Waals surface area contributed by atoms with Crippen LogP contribution in [0.4, 0.5) is 13.2 Å². The molecule has 7 nitrogen and oxygen atoms in total. The van der Waals surface area contributed by atoms with Gasteiger partial charge in [0.1, 0.15) is 22.7 Å². The van der Waals surface area contributed by atoms with Crippen LogP contribution in [0.2, 0.25) is 0 Å². The molecule has 0 aliphatic heterocycles. The van der Waals surface area contributed by atoms with Crippen LogP contribution in [0.1, 0.15) is 50.6 Å². The zero-order valence-electron chi connectivity index (χ0n) is 19.0. The summed E-state index contributed by atoms with van der Waals surface area (Å²) in [7, 11) is -4.43. The van der Waals surface area contributed by atoms with E-state index in [9.17, 15) is 26.9 Å². The van der Waals surface area contributed by atoms with E-state index in [1.54, 1.807) is 17.0 Å². The molecule has 0 amide bonds. The summed E-state index contributed by atoms with van der Waals surface area (Å²) in [6.45, 7) is 0.737. The number of alkyl halides is 3. The van der Waals surface area contributed by atoms with Gasteiger partial charge in [0.25, 0.3) is 0 Å². The molecule has 0 spiro atoms. The lowest BCUT2D eigenvalue weighted by Crippen LogP contribution is -2.42. The number of halogens is 3. The Morgan fingerprint density at radius 2 is 1.89 bits per heavy atom. The van der Waals surface area contributed by atoms with Gasteiger partial charge in [-0.25, -0.2) is 13.4 Å². The highest BCUT2D eigenvalue weighted by atomic mass is 32.2. The molecule has 5 rings (SSSR count). The van der Waals surface area contributed by atoms with Crippen LogP contribution in [0, 0.1) is 23.2 Å². The van der Waals surface area contributed by atoms with Crippen molar-refractivity contribution in [2.45, 2.75) is 62.2 Å². The Morgan fingerprint density at radius 3 is 2.51 bits per heavy atom. The fraction of sp³-hybridized carbons (Fsp3) is 0.458. The minimum atomic E-state index is -4.71. The van der Waals surface area contributed by atoms with E-state index in [1.807, 2.05) is 6.07 Å². The second-order valence-electron chi connectivity index (χ2n) is 9.41. The van der Waals surface area contributed by atoms with Crippen LogP contribution in [-0.2, 0) is 10.0 Å². The molecule has 2 aliphatic carbocycles. The van der Waals surface area contributed by atoms with Gasteiger partial charge in [0, 0.05) is 23.8 Å². The van der Waals surface area contributed by atoms with E-state index in [0.29, 0.717) is 33.9 Å². The van der Waals surface area contributed by atoms with Crippen molar-refractivity contribution in [1.82, 2.24) is 19.3 Å². The Bertz CT molecular complexity index is 1410. The number of nitrogens with one attached hydrogen (secondary N) is 1. The third kappa shape index (κ3) is 4.41. The topological polar surface area (TPSA) is 101 Å². The zero-order chi connectivity index (χ0) is 25.0. The number of sulfonamides is 1. The lowest BCUT2D eigenvalue weighted by molar-refractivity contribution is -0.147. The number of nitriles is 1. The third-order valence-corrected chi connectivity index (χ3v) is 8.61. The fourth-order valence-electron chi connectivity index (χ4n) is 5.13. The van der Waals surface area contributed by atoms with Gasteiger partial charge in [0.15, 0.2) is 0 Å². The first-order valence-corrected chi connectivity index (χ1v) is 13.0. The van der Waals surface area contributed by atoms with Crippen LogP contribution in [-0.4, -0.2) is 35.2 Å². The van der Waals surface area contributed by atoms with Gasteiger partial charge < -0.3 is 4.57 Å². The number of fused-ring (bicyclic) bond motifs is 1. The summed E-state index contributed by atoms with van der Waals surface area (Å²) in [5.41, 5.74) is 2.01. The van der Waals surface area contributed by atoms with Crippen molar-refractivity contribution >= 4 is 21.1 Å². The zero-order valence-corrected chi connectivity index (χ0v) is 19.8. The maximum absolute atomic E-state index is 12.9. The largest absolute Gasteiger partial charge is 0.404 e. The normalized spacial score (nSPS) is 21.8. The molecule has 0 bridgehead atoms. The number of aromatic nitrogens is 3. The monoisotopic (exact) mass is 503 g/mol. The first-order chi connectivity index (χ1) is 16.6. The molecule has 184 valence electrons. The molecular formula is C24H24F3N5O2S. The summed E-state index contributed by atoms with van der Waals surface area (Å²) in [6, 6.07) is 6.39. The van der Waals surface area contributed by atoms with Crippen molar-refractivity contribution in [1.29, 1.82) is 5.26 Å². The van der Waals surface area contributed by atoms with Crippen LogP contribution in [0.15, 0.2) is 41.6 Å². The van der Waals surface area contributed by atoms with Crippen LogP contribution in [0.25, 0.3) is 22.4 Å². The molecule has 35 heavy (non-hydrogen) atoms. The van der Waals surface area contributed by atoms with Crippen molar-refractivity contribution in [2.75, 3.05) is 0 Å². The van der Waals surface area contributed by atoms with Gasteiger partial charge in [0.2, 0.25) is 10.0 Å². The minimum Gasteiger partial charge on any atom is -0.320 e. The highest BCUT2D eigenvalue weighted by Crippen LogP contribution is 2.50. The highest BCUT2D eigenvalue weighted by Gasteiger charge is 2.40. The summed E-state index contributed by atoms with van der Waals surface area (Å²) in [4.78, 5) is 8.45. The maximum Gasteiger partial charge on any atom is 0.404 e. The molecule has 3 aromatic heterocycles. The van der Waals surface area contributed by atoms with Crippen molar-refractivity contribution in [3.05, 3.63) is 42.2 Å². The molecule has 1 N–H and O–H groups in total. The van der Waals surface area contributed by atoms with Crippen molar-refractivity contribution in [3.8, 4) is 17.5 Å². The van der Waals surface area contributed by atoms with E-state index < -0.39 is 22.2 Å². The predicted octanol–water partition coefficient (Wildman–Crippen LogP) is 4.95. The van der Waals surface area contributed by atoms with Crippen LogP contribution in [0.5, 0.6) is 0 Å². The molecule has 3 heterocycles. The Hall–Kier alpha value is -2.97. The summed E-state index contributed by atoms with van der Waals surface area (Å²) >= 11 is 0. The standard InChI is InChI=1S/C24H24F3N5O2S/c1-14(24(25,26)27)31-35(33,34)18-8-9-21(30-13-18)22-20(12-28)19-3-2-10-29-23(19)32(22)17-7-6-16(11-17)15-4-5-15/h2-3,8-10,13-17,31H,4-7,11H2,1H3/t14-,16?,17?/m0/s1. The molecular weight excluding hydrogens is 479 g/mol. The van der Waals surface area contributed by atoms with Gasteiger partial charge in [0.05, 0.1) is 17.0 Å². The number of nitrogens with zero attached hydrogens (tertiary/aromatic N) is 4. The number of rotatable bonds is 6. The lowest BCUT2D eigenvalue weighted by Gasteiger charge is -2.19. The molecule has 2 aliphatic rings. The van der Waals surface area contributed by atoms with Gasteiger partial charge in [-0.05, 0) is 75.1 Å². The fourth-order valence-corrected chi connectivity index (χ4v) is 6.30. The molecule has 0 aromatic carbocycles. The Kier molecular flexibility index (Phi) is 5.84. The second kappa shape index (κ2) is 8.60. The van der Waals surface area contributed by atoms with Crippen molar-refractivity contribution in [3.63, 3.8) is 0 Å². The molecule has 2 fully saturated rings. The second-order valence-corrected chi connectivity index (χ2v) is 11.1. The third-order valence-electron chi connectivity index (χ3n) is 7.09. The molecule has 0 saturated heterocycles. The Balaban J connectivity index is 1.55. The van der Waals surface area contributed by atoms with Gasteiger partial charge in [-0.15, -0.1) is 0 Å². The average Bonchev–Trinajstić information content (AvgIpc) is 3.46. The van der Waals surface area contributed by atoms with Gasteiger partial charge in [-0.2, -0.15) is 23.2 Å². The first kappa shape index (κ1) is 23.8. The smallest absolute Gasteiger partial charge is 0.320 e. The summed E-state index contributed by atoms with van der Waals surface area (Å²) in [5.74, 6) is 1.41. The van der Waals surface area contributed by atoms with E-state index in [0.717, 1.165) is 38.3 Å². The van der Waals surface area contributed by atoms with Crippen molar-refractivity contribution < 1.29 is 21.6 Å². The Labute approximate surface area is 201 Å². The van der Waals surface area contributed by atoms with Crippen LogP contribution >= 0.6 is 0 Å². The Morgan fingerprint density at radius 1 is 1.14 bits per heavy atom. The van der Waals surface area contributed by atoms with E-state index in [4.69, 9.17) is 0 Å². The van der Waals surface area contributed by atoms with Crippen LogP contribution < -0.4 is 4.72 Å². The molecule has 11 heteroatoms. The molecule has 2 saturated carbocycles. The number of hydrogen-bond donors (Lipinski definition) is 1. The number of pyridine rings is 2. The van der Waals surface area contributed by atoms with Crippen molar-refractivity contribution in [2.24, 2.45) is 11.8 Å². The summed E-state index contributed by atoms with van der Waals surface area (Å²) in [6.07, 6.45) is 3.55. The summed E-state index contributed by atoms with van der Waals surface area (Å²) in [5, 5.41) is 10.7. The van der Waals surface area contributed by atoms with Crippen LogP contribution in [0.3, 0.4) is 0 Å². The van der Waals surface area contributed by atoms with Gasteiger partial charge >= 0.3 is 6.18 Å². The first-order valence-electron chi connectivity index (χ1n) is 11.5. The molecule has 2 unspecified atom stereocenters. The van der Waals surface area contributed by atoms with Gasteiger partial charge in [-0.1, -0.05) is 0 Å². The van der Waals surface area contributed by atoms with E-state index in [1.165, 1.54) is 25.0 Å². The predicted molar refractivity (Wildman–Crippen MR) is 123 cm³/mol. The molecule has 3 aromatic rings.